The normalized spacial score (nSPS) is 10.6. The van der Waals surface area contributed by atoms with E-state index < -0.39 is 11.9 Å². The van der Waals surface area contributed by atoms with Crippen molar-refractivity contribution in [3.63, 3.8) is 0 Å². The maximum absolute atomic E-state index is 12.4. The fourth-order valence-corrected chi connectivity index (χ4v) is 3.17. The standard InChI is InChI=1S/C27H27ClN2O6/c1-3-4-15-34-20-10-12-21(13-11-20)35-18-26(31)30-29-17-19-9-14-24(25(16-19)33-2)36-27(32)22-7-5-6-8-23(22)28/h5-14,16-17H,3-4,15,18H2,1-2H3,(H,30,31). The van der Waals surface area contributed by atoms with Gasteiger partial charge in [0, 0.05) is 0 Å². The van der Waals surface area contributed by atoms with Gasteiger partial charge in [-0.3, -0.25) is 4.79 Å². The Labute approximate surface area is 214 Å². The highest BCUT2D eigenvalue weighted by Crippen LogP contribution is 2.29. The zero-order valence-electron chi connectivity index (χ0n) is 20.0. The van der Waals surface area contributed by atoms with Gasteiger partial charge in [0.25, 0.3) is 5.91 Å². The van der Waals surface area contributed by atoms with Gasteiger partial charge in [-0.15, -0.1) is 0 Å². The van der Waals surface area contributed by atoms with Crippen molar-refractivity contribution in [3.8, 4) is 23.0 Å². The number of carbonyl (C=O) groups is 2. The lowest BCUT2D eigenvalue weighted by atomic mass is 10.2. The molecule has 0 aliphatic carbocycles. The molecule has 0 bridgehead atoms. The summed E-state index contributed by atoms with van der Waals surface area (Å²) in [5.74, 6) is 0.807. The molecule has 8 nitrogen and oxygen atoms in total. The summed E-state index contributed by atoms with van der Waals surface area (Å²) in [6, 6.07) is 18.5. The Morgan fingerprint density at radius 2 is 1.69 bits per heavy atom. The number of hydrogen-bond donors (Lipinski definition) is 1. The van der Waals surface area contributed by atoms with E-state index in [1.54, 1.807) is 66.7 Å². The number of carbonyl (C=O) groups excluding carboxylic acids is 2. The second kappa shape index (κ2) is 13.7. The summed E-state index contributed by atoms with van der Waals surface area (Å²) in [6.45, 7) is 2.57. The largest absolute Gasteiger partial charge is 0.494 e. The van der Waals surface area contributed by atoms with Crippen LogP contribution < -0.4 is 24.4 Å². The number of amides is 1. The fraction of sp³-hybridized carbons (Fsp3) is 0.222. The van der Waals surface area contributed by atoms with Gasteiger partial charge in [0.2, 0.25) is 0 Å². The molecular weight excluding hydrogens is 484 g/mol. The van der Waals surface area contributed by atoms with Crippen molar-refractivity contribution >= 4 is 29.7 Å². The number of hydrazone groups is 1. The molecule has 0 unspecified atom stereocenters. The predicted octanol–water partition coefficient (Wildman–Crippen LogP) is 5.28. The molecule has 3 aromatic rings. The van der Waals surface area contributed by atoms with Crippen LogP contribution in [0.1, 0.15) is 35.7 Å². The molecular formula is C27H27ClN2O6. The first-order valence-electron chi connectivity index (χ1n) is 11.3. The zero-order chi connectivity index (χ0) is 25.8. The van der Waals surface area contributed by atoms with Crippen LogP contribution in [-0.4, -0.2) is 38.4 Å². The van der Waals surface area contributed by atoms with Gasteiger partial charge in [-0.05, 0) is 66.6 Å². The van der Waals surface area contributed by atoms with E-state index in [4.69, 9.17) is 30.5 Å². The molecule has 3 rings (SSSR count). The molecule has 1 amide bonds. The number of halogens is 1. The Bertz CT molecular complexity index is 1200. The molecule has 3 aromatic carbocycles. The summed E-state index contributed by atoms with van der Waals surface area (Å²) in [4.78, 5) is 24.5. The monoisotopic (exact) mass is 510 g/mol. The van der Waals surface area contributed by atoms with Crippen LogP contribution in [-0.2, 0) is 4.79 Å². The van der Waals surface area contributed by atoms with Crippen LogP contribution in [0.2, 0.25) is 5.02 Å². The van der Waals surface area contributed by atoms with Gasteiger partial charge in [0.05, 0.1) is 30.5 Å². The average Bonchev–Trinajstić information content (AvgIpc) is 2.89. The molecule has 188 valence electrons. The first kappa shape index (κ1) is 26.6. The molecule has 1 N–H and O–H groups in total. The second-order valence-electron chi connectivity index (χ2n) is 7.53. The molecule has 0 aromatic heterocycles. The lowest BCUT2D eigenvalue weighted by Crippen LogP contribution is -2.24. The molecule has 0 fully saturated rings. The Kier molecular flexibility index (Phi) is 10.1. The highest BCUT2D eigenvalue weighted by atomic mass is 35.5. The van der Waals surface area contributed by atoms with Gasteiger partial charge in [-0.2, -0.15) is 5.10 Å². The molecule has 36 heavy (non-hydrogen) atoms. The number of rotatable bonds is 12. The van der Waals surface area contributed by atoms with Crippen molar-refractivity contribution in [2.75, 3.05) is 20.3 Å². The summed E-state index contributed by atoms with van der Waals surface area (Å²) >= 11 is 6.05. The third kappa shape index (κ3) is 8.02. The minimum Gasteiger partial charge on any atom is -0.494 e. The molecule has 0 radical (unpaired) electrons. The summed E-state index contributed by atoms with van der Waals surface area (Å²) in [5, 5.41) is 4.22. The first-order valence-corrected chi connectivity index (χ1v) is 11.7. The van der Waals surface area contributed by atoms with Crippen molar-refractivity contribution in [3.05, 3.63) is 82.9 Å². The van der Waals surface area contributed by atoms with Crippen molar-refractivity contribution in [2.45, 2.75) is 19.8 Å². The molecule has 9 heteroatoms. The molecule has 0 saturated heterocycles. The van der Waals surface area contributed by atoms with Gasteiger partial charge in [0.15, 0.2) is 18.1 Å². The van der Waals surface area contributed by atoms with E-state index >= 15 is 0 Å². The van der Waals surface area contributed by atoms with Crippen LogP contribution in [0.15, 0.2) is 71.8 Å². The molecule has 0 saturated carbocycles. The number of benzene rings is 3. The van der Waals surface area contributed by atoms with Gasteiger partial charge in [-0.1, -0.05) is 37.1 Å². The summed E-state index contributed by atoms with van der Waals surface area (Å²) in [7, 11) is 1.45. The number of hydrogen-bond acceptors (Lipinski definition) is 7. The van der Waals surface area contributed by atoms with Crippen LogP contribution in [0.5, 0.6) is 23.0 Å². The fourth-order valence-electron chi connectivity index (χ4n) is 2.96. The van der Waals surface area contributed by atoms with E-state index in [-0.39, 0.29) is 17.9 Å². The van der Waals surface area contributed by atoms with E-state index in [1.165, 1.54) is 13.3 Å². The Morgan fingerprint density at radius 3 is 2.39 bits per heavy atom. The van der Waals surface area contributed by atoms with Crippen LogP contribution in [0.25, 0.3) is 0 Å². The highest BCUT2D eigenvalue weighted by molar-refractivity contribution is 6.33. The van der Waals surface area contributed by atoms with Gasteiger partial charge in [0.1, 0.15) is 11.5 Å². The quantitative estimate of drug-likeness (QED) is 0.117. The summed E-state index contributed by atoms with van der Waals surface area (Å²) in [6.07, 6.45) is 3.49. The second-order valence-corrected chi connectivity index (χ2v) is 7.94. The number of nitrogens with one attached hydrogen (secondary N) is 1. The average molecular weight is 511 g/mol. The van der Waals surface area contributed by atoms with E-state index in [0.29, 0.717) is 28.7 Å². The van der Waals surface area contributed by atoms with Crippen molar-refractivity contribution in [1.82, 2.24) is 5.43 Å². The molecule has 0 aliphatic rings. The van der Waals surface area contributed by atoms with Crippen LogP contribution >= 0.6 is 11.6 Å². The van der Waals surface area contributed by atoms with Gasteiger partial charge < -0.3 is 18.9 Å². The van der Waals surface area contributed by atoms with Gasteiger partial charge >= 0.3 is 5.97 Å². The van der Waals surface area contributed by atoms with Crippen molar-refractivity contribution in [2.24, 2.45) is 5.10 Å². The van der Waals surface area contributed by atoms with E-state index in [2.05, 4.69) is 17.5 Å². The van der Waals surface area contributed by atoms with E-state index in [0.717, 1.165) is 18.6 Å². The zero-order valence-corrected chi connectivity index (χ0v) is 20.8. The number of esters is 1. The third-order valence-electron chi connectivity index (χ3n) is 4.85. The molecule has 0 spiro atoms. The number of ether oxygens (including phenoxy) is 4. The maximum atomic E-state index is 12.4. The van der Waals surface area contributed by atoms with E-state index in [9.17, 15) is 9.59 Å². The minimum absolute atomic E-state index is 0.201. The highest BCUT2D eigenvalue weighted by Gasteiger charge is 2.15. The molecule has 0 aliphatic heterocycles. The molecule has 0 atom stereocenters. The third-order valence-corrected chi connectivity index (χ3v) is 5.18. The minimum atomic E-state index is -0.605. The lowest BCUT2D eigenvalue weighted by molar-refractivity contribution is -0.123. The van der Waals surface area contributed by atoms with Crippen LogP contribution in [0.4, 0.5) is 0 Å². The summed E-state index contributed by atoms with van der Waals surface area (Å²) < 4.78 is 21.8. The van der Waals surface area contributed by atoms with Gasteiger partial charge in [-0.25, -0.2) is 10.2 Å². The lowest BCUT2D eigenvalue weighted by Gasteiger charge is -2.10. The molecule has 0 heterocycles. The van der Waals surface area contributed by atoms with Crippen LogP contribution in [0, 0.1) is 0 Å². The van der Waals surface area contributed by atoms with E-state index in [1.807, 2.05) is 0 Å². The SMILES string of the molecule is CCCCOc1ccc(OCC(=O)NN=Cc2ccc(OC(=O)c3ccccc3Cl)c(OC)c2)cc1. The topological polar surface area (TPSA) is 95.5 Å². The number of nitrogens with zero attached hydrogens (tertiary/aromatic N) is 1. The Morgan fingerprint density at radius 1 is 0.972 bits per heavy atom. The van der Waals surface area contributed by atoms with Crippen LogP contribution in [0.3, 0.4) is 0 Å². The smallest absolute Gasteiger partial charge is 0.345 e. The number of methoxy groups -OCH3 is 1. The van der Waals surface area contributed by atoms with Crippen molar-refractivity contribution < 1.29 is 28.5 Å². The number of unbranched alkanes of at least 4 members (excludes halogenated alkanes) is 1. The van der Waals surface area contributed by atoms with Crippen molar-refractivity contribution in [1.29, 1.82) is 0 Å². The Hall–Kier alpha value is -4.04. The maximum Gasteiger partial charge on any atom is 0.345 e. The Balaban J connectivity index is 1.49. The predicted molar refractivity (Wildman–Crippen MR) is 137 cm³/mol. The first-order chi connectivity index (χ1) is 17.5. The summed E-state index contributed by atoms with van der Waals surface area (Å²) in [5.41, 5.74) is 3.26.